The first kappa shape index (κ1) is 23.1. The lowest BCUT2D eigenvalue weighted by molar-refractivity contribution is -0.143. The first-order chi connectivity index (χ1) is 12.7. The summed E-state index contributed by atoms with van der Waals surface area (Å²) in [5.41, 5.74) is 5.72. The molecule has 2 atom stereocenters. The second-order valence-corrected chi connectivity index (χ2v) is 7.13. The molecule has 1 aromatic rings. The number of rotatable bonds is 13. The summed E-state index contributed by atoms with van der Waals surface area (Å²) < 4.78 is 17.3. The van der Waals surface area contributed by atoms with Gasteiger partial charge in [0.05, 0.1) is 19.8 Å². The van der Waals surface area contributed by atoms with Crippen molar-refractivity contribution in [3.05, 3.63) is 17.7 Å². The van der Waals surface area contributed by atoms with Gasteiger partial charge in [-0.15, -0.1) is 0 Å². The molecule has 0 saturated carbocycles. The average Bonchev–Trinajstić information content (AvgIpc) is 2.57. The fraction of sp³-hybridized carbons (Fsp3) is 0.667. The molecule has 0 aliphatic heterocycles. The molecule has 154 valence electrons. The number of carboxylic acid groups (broad SMARTS) is 1. The summed E-state index contributed by atoms with van der Waals surface area (Å²) in [6.45, 7) is 11.1. The van der Waals surface area contributed by atoms with Crippen LogP contribution in [0.15, 0.2) is 12.1 Å². The van der Waals surface area contributed by atoms with Crippen molar-refractivity contribution < 1.29 is 24.1 Å². The molecule has 0 fully saturated rings. The number of benzene rings is 1. The fourth-order valence-electron chi connectivity index (χ4n) is 3.19. The van der Waals surface area contributed by atoms with Crippen molar-refractivity contribution in [2.45, 2.75) is 65.8 Å². The molecule has 0 spiro atoms. The molecule has 0 aliphatic rings. The Kier molecular flexibility index (Phi) is 9.43. The van der Waals surface area contributed by atoms with Crippen molar-refractivity contribution in [1.82, 2.24) is 0 Å². The Bertz CT molecular complexity index is 600. The Hall–Kier alpha value is -1.95. The Morgan fingerprint density at radius 3 is 2.33 bits per heavy atom. The Morgan fingerprint density at radius 2 is 1.78 bits per heavy atom. The maximum absolute atomic E-state index is 11.2. The van der Waals surface area contributed by atoms with E-state index < -0.39 is 11.5 Å². The minimum atomic E-state index is -1.19. The third-order valence-corrected chi connectivity index (χ3v) is 4.41. The number of carbonyl (C=O) groups is 1. The van der Waals surface area contributed by atoms with Gasteiger partial charge >= 0.3 is 5.97 Å². The van der Waals surface area contributed by atoms with Crippen LogP contribution in [0.4, 0.5) is 0 Å². The molecule has 0 heterocycles. The number of nitrogens with two attached hydrogens (primary N) is 1. The molecule has 6 nitrogen and oxygen atoms in total. The van der Waals surface area contributed by atoms with Gasteiger partial charge in [-0.1, -0.05) is 13.3 Å². The van der Waals surface area contributed by atoms with Crippen LogP contribution in [0.2, 0.25) is 0 Å². The van der Waals surface area contributed by atoms with Crippen molar-refractivity contribution in [3.63, 3.8) is 0 Å². The predicted molar refractivity (Wildman–Crippen MR) is 107 cm³/mol. The first-order valence-electron chi connectivity index (χ1n) is 9.82. The third kappa shape index (κ3) is 7.29. The Morgan fingerprint density at radius 1 is 1.15 bits per heavy atom. The smallest absolute Gasteiger partial charge is 0.323 e. The first-order valence-corrected chi connectivity index (χ1v) is 9.82. The lowest BCUT2D eigenvalue weighted by Gasteiger charge is -2.23. The van der Waals surface area contributed by atoms with Crippen LogP contribution in [0.1, 0.15) is 59.4 Å². The van der Waals surface area contributed by atoms with Gasteiger partial charge in [-0.05, 0) is 58.9 Å². The average molecular weight is 382 g/mol. The molecule has 0 bridgehead atoms. The summed E-state index contributed by atoms with van der Waals surface area (Å²) in [4.78, 5) is 11.2. The van der Waals surface area contributed by atoms with Crippen molar-refractivity contribution in [2.24, 2.45) is 11.7 Å². The maximum Gasteiger partial charge on any atom is 0.323 e. The van der Waals surface area contributed by atoms with Crippen molar-refractivity contribution >= 4 is 5.97 Å². The summed E-state index contributed by atoms with van der Waals surface area (Å²) in [6.07, 6.45) is 3.03. The zero-order valence-corrected chi connectivity index (χ0v) is 17.3. The topological polar surface area (TPSA) is 91.0 Å². The zero-order valence-electron chi connectivity index (χ0n) is 17.3. The lowest BCUT2D eigenvalue weighted by atomic mass is 9.87. The summed E-state index contributed by atoms with van der Waals surface area (Å²) >= 11 is 0. The number of aryl methyl sites for hydroxylation is 1. The Labute approximate surface area is 163 Å². The molecule has 0 amide bonds. The van der Waals surface area contributed by atoms with Gasteiger partial charge in [0, 0.05) is 11.6 Å². The molecule has 1 aromatic carbocycles. The van der Waals surface area contributed by atoms with E-state index in [-0.39, 0.29) is 5.92 Å². The van der Waals surface area contributed by atoms with Crippen LogP contribution in [-0.2, 0) is 11.2 Å². The van der Waals surface area contributed by atoms with E-state index in [0.29, 0.717) is 32.0 Å². The van der Waals surface area contributed by atoms with Gasteiger partial charge in [-0.25, -0.2) is 0 Å². The van der Waals surface area contributed by atoms with Gasteiger partial charge in [0.2, 0.25) is 0 Å². The molecule has 0 saturated heterocycles. The SMILES string of the molecule is CCOc1cc(CCCC(C)CC(C)(N)C(=O)O)c(OCC)c(OCC)c1. The quantitative estimate of drug-likeness (QED) is 0.536. The number of ether oxygens (including phenoxy) is 3. The van der Waals surface area contributed by atoms with E-state index in [1.165, 1.54) is 0 Å². The van der Waals surface area contributed by atoms with E-state index in [2.05, 4.69) is 0 Å². The number of hydrogen-bond donors (Lipinski definition) is 2. The largest absolute Gasteiger partial charge is 0.494 e. The van der Waals surface area contributed by atoms with Crippen LogP contribution in [0, 0.1) is 5.92 Å². The molecular weight excluding hydrogens is 346 g/mol. The highest BCUT2D eigenvalue weighted by molar-refractivity contribution is 5.77. The third-order valence-electron chi connectivity index (χ3n) is 4.41. The van der Waals surface area contributed by atoms with Gasteiger partial charge in [0.25, 0.3) is 0 Å². The van der Waals surface area contributed by atoms with Crippen molar-refractivity contribution in [3.8, 4) is 17.2 Å². The van der Waals surface area contributed by atoms with Gasteiger partial charge < -0.3 is 25.1 Å². The predicted octanol–water partition coefficient (Wildman–Crippen LogP) is 4.03. The van der Waals surface area contributed by atoms with E-state index in [9.17, 15) is 9.90 Å². The monoisotopic (exact) mass is 381 g/mol. The molecule has 0 radical (unpaired) electrons. The van der Waals surface area contributed by atoms with Crippen molar-refractivity contribution in [1.29, 1.82) is 0 Å². The maximum atomic E-state index is 11.2. The highest BCUT2D eigenvalue weighted by Gasteiger charge is 2.29. The molecule has 3 N–H and O–H groups in total. The second kappa shape index (κ2) is 11.0. The van der Waals surface area contributed by atoms with E-state index in [1.807, 2.05) is 39.8 Å². The normalized spacial score (nSPS) is 14.3. The van der Waals surface area contributed by atoms with Crippen LogP contribution >= 0.6 is 0 Å². The number of carboxylic acids is 1. The minimum absolute atomic E-state index is 0.216. The summed E-state index contributed by atoms with van der Waals surface area (Å²) in [6, 6.07) is 3.88. The van der Waals surface area contributed by atoms with Crippen LogP contribution < -0.4 is 19.9 Å². The van der Waals surface area contributed by atoms with Gasteiger partial charge in [-0.3, -0.25) is 4.79 Å². The van der Waals surface area contributed by atoms with Crippen molar-refractivity contribution in [2.75, 3.05) is 19.8 Å². The summed E-state index contributed by atoms with van der Waals surface area (Å²) in [7, 11) is 0. The Balaban J connectivity index is 2.86. The zero-order chi connectivity index (χ0) is 20.4. The second-order valence-electron chi connectivity index (χ2n) is 7.13. The molecule has 6 heteroatoms. The van der Waals surface area contributed by atoms with Crippen LogP contribution in [0.5, 0.6) is 17.2 Å². The van der Waals surface area contributed by atoms with E-state index in [0.717, 1.165) is 36.3 Å². The van der Waals surface area contributed by atoms with E-state index in [1.54, 1.807) is 6.92 Å². The minimum Gasteiger partial charge on any atom is -0.494 e. The summed E-state index contributed by atoms with van der Waals surface area (Å²) in [5.74, 6) is 1.50. The molecular formula is C21H35NO5. The molecule has 1 rings (SSSR count). The number of hydrogen-bond acceptors (Lipinski definition) is 5. The highest BCUT2D eigenvalue weighted by Crippen LogP contribution is 2.37. The molecule has 2 unspecified atom stereocenters. The van der Waals surface area contributed by atoms with Gasteiger partial charge in [0.1, 0.15) is 11.3 Å². The van der Waals surface area contributed by atoms with Gasteiger partial charge in [-0.2, -0.15) is 0 Å². The molecule has 27 heavy (non-hydrogen) atoms. The van der Waals surface area contributed by atoms with Gasteiger partial charge in [0.15, 0.2) is 11.5 Å². The fourth-order valence-corrected chi connectivity index (χ4v) is 3.19. The van der Waals surface area contributed by atoms with Crippen LogP contribution in [0.25, 0.3) is 0 Å². The van der Waals surface area contributed by atoms with Crippen LogP contribution in [-0.4, -0.2) is 36.4 Å². The van der Waals surface area contributed by atoms with E-state index >= 15 is 0 Å². The van der Waals surface area contributed by atoms with Crippen LogP contribution in [0.3, 0.4) is 0 Å². The van der Waals surface area contributed by atoms with E-state index in [4.69, 9.17) is 19.9 Å². The molecule has 0 aromatic heterocycles. The lowest BCUT2D eigenvalue weighted by Crippen LogP contribution is -2.46. The summed E-state index contributed by atoms with van der Waals surface area (Å²) in [5, 5.41) is 9.18. The number of aliphatic carboxylic acids is 1. The standard InChI is InChI=1S/C21H35NO5/c1-6-25-17-12-16(19(27-8-3)18(13-17)26-7-2)11-9-10-15(4)14-21(5,22)20(23)24/h12-13,15H,6-11,14,22H2,1-5H3,(H,23,24). The highest BCUT2D eigenvalue weighted by atomic mass is 16.5. The molecule has 0 aliphatic carbocycles.